The van der Waals surface area contributed by atoms with Crippen molar-refractivity contribution in [1.82, 2.24) is 4.90 Å². The summed E-state index contributed by atoms with van der Waals surface area (Å²) in [5.41, 5.74) is 8.11. The second-order valence-corrected chi connectivity index (χ2v) is 11.6. The van der Waals surface area contributed by atoms with Gasteiger partial charge < -0.3 is 15.6 Å². The van der Waals surface area contributed by atoms with E-state index in [-0.39, 0.29) is 18.9 Å². The van der Waals surface area contributed by atoms with Gasteiger partial charge in [-0.2, -0.15) is 0 Å². The molecule has 1 aliphatic rings. The summed E-state index contributed by atoms with van der Waals surface area (Å²) < 4.78 is 6.56. The molecule has 2 amide bonds. The number of carboxylic acids is 1. The third kappa shape index (κ3) is 8.30. The first-order valence-corrected chi connectivity index (χ1v) is 13.9. The number of carboxylic acid groups (broad SMARTS) is 1. The summed E-state index contributed by atoms with van der Waals surface area (Å²) in [6.45, 7) is 6.37. The maximum Gasteiger partial charge on any atom is 0.329 e. The number of aryl methyl sites for hydroxylation is 1. The van der Waals surface area contributed by atoms with Gasteiger partial charge in [0.15, 0.2) is 0 Å². The highest BCUT2D eigenvalue weighted by molar-refractivity contribution is 9.10. The Hall–Kier alpha value is -2.91. The lowest BCUT2D eigenvalue weighted by molar-refractivity contribution is -0.156. The second-order valence-electron chi connectivity index (χ2n) is 10.7. The highest BCUT2D eigenvalue weighted by Crippen LogP contribution is 2.35. The van der Waals surface area contributed by atoms with E-state index < -0.39 is 29.6 Å². The minimum absolute atomic E-state index is 0.0622. The lowest BCUT2D eigenvalue weighted by atomic mass is 9.86. The smallest absolute Gasteiger partial charge is 0.329 e. The fourth-order valence-corrected chi connectivity index (χ4v) is 5.30. The first-order chi connectivity index (χ1) is 18.0. The monoisotopic (exact) mass is 587 g/mol. The van der Waals surface area contributed by atoms with E-state index in [0.717, 1.165) is 23.7 Å². The number of nitrogens with two attached hydrogens (primary N) is 1. The zero-order valence-electron chi connectivity index (χ0n) is 22.4. The standard InChI is InChI=1S/C29H38BrN3O5/c1-29(2,3)38-27(36)25(33(28(31)37)22-15-13-21(30)14-16-22)17-19-32(18-7-12-26(34)35)24-11-6-9-20-8-4-5-10-23(20)24/h4-5,8,10,13-16,24-25H,6-7,9,11-12,17-19H2,1-3H3,(H2,31,37)(H,34,35). The summed E-state index contributed by atoms with van der Waals surface area (Å²) in [7, 11) is 0. The van der Waals surface area contributed by atoms with E-state index in [1.807, 2.05) is 12.1 Å². The van der Waals surface area contributed by atoms with Crippen molar-refractivity contribution >= 4 is 39.6 Å². The number of aliphatic carboxylic acids is 1. The molecule has 0 heterocycles. The number of rotatable bonds is 11. The summed E-state index contributed by atoms with van der Waals surface area (Å²) in [5.74, 6) is -1.37. The van der Waals surface area contributed by atoms with Crippen LogP contribution in [0.25, 0.3) is 0 Å². The largest absolute Gasteiger partial charge is 0.481 e. The van der Waals surface area contributed by atoms with Crippen LogP contribution >= 0.6 is 15.9 Å². The van der Waals surface area contributed by atoms with Crippen LogP contribution in [0.15, 0.2) is 53.0 Å². The fourth-order valence-electron chi connectivity index (χ4n) is 5.04. The summed E-state index contributed by atoms with van der Waals surface area (Å²) >= 11 is 3.40. The van der Waals surface area contributed by atoms with Gasteiger partial charge in [-0.25, -0.2) is 9.59 Å². The highest BCUT2D eigenvalue weighted by atomic mass is 79.9. The average Bonchev–Trinajstić information content (AvgIpc) is 2.84. The van der Waals surface area contributed by atoms with Crippen LogP contribution in [-0.4, -0.2) is 52.7 Å². The van der Waals surface area contributed by atoms with E-state index >= 15 is 0 Å². The first kappa shape index (κ1) is 29.6. The highest BCUT2D eigenvalue weighted by Gasteiger charge is 2.35. The Bertz CT molecular complexity index is 1120. The molecule has 2 aromatic rings. The normalized spacial score (nSPS) is 16.0. The minimum Gasteiger partial charge on any atom is -0.481 e. The zero-order chi connectivity index (χ0) is 27.9. The molecule has 3 rings (SSSR count). The molecule has 0 bridgehead atoms. The molecule has 0 saturated heterocycles. The lowest BCUT2D eigenvalue weighted by Gasteiger charge is -2.38. The van der Waals surface area contributed by atoms with Crippen LogP contribution in [-0.2, 0) is 20.7 Å². The number of fused-ring (bicyclic) bond motifs is 1. The number of carbonyl (C=O) groups excluding carboxylic acids is 2. The number of hydrogen-bond acceptors (Lipinski definition) is 5. The van der Waals surface area contributed by atoms with Crippen LogP contribution in [0.3, 0.4) is 0 Å². The van der Waals surface area contributed by atoms with Crippen LogP contribution in [0.1, 0.15) is 70.0 Å². The summed E-state index contributed by atoms with van der Waals surface area (Å²) in [4.78, 5) is 41.0. The molecular weight excluding hydrogens is 550 g/mol. The summed E-state index contributed by atoms with van der Waals surface area (Å²) in [6, 6.07) is 13.8. The van der Waals surface area contributed by atoms with E-state index in [1.54, 1.807) is 45.0 Å². The molecule has 2 aromatic carbocycles. The van der Waals surface area contributed by atoms with Gasteiger partial charge in [0.05, 0.1) is 0 Å². The molecule has 0 aromatic heterocycles. The first-order valence-electron chi connectivity index (χ1n) is 13.1. The number of carbonyl (C=O) groups is 3. The molecule has 2 unspecified atom stereocenters. The second kappa shape index (κ2) is 13.2. The summed E-state index contributed by atoms with van der Waals surface area (Å²) in [5, 5.41) is 9.23. The molecule has 0 saturated carbocycles. The fraction of sp³-hybridized carbons (Fsp3) is 0.483. The molecule has 38 heavy (non-hydrogen) atoms. The zero-order valence-corrected chi connectivity index (χ0v) is 23.9. The Balaban J connectivity index is 1.92. The van der Waals surface area contributed by atoms with Crippen LogP contribution in [0.4, 0.5) is 10.5 Å². The van der Waals surface area contributed by atoms with Gasteiger partial charge in [-0.05, 0) is 94.8 Å². The number of benzene rings is 2. The van der Waals surface area contributed by atoms with Gasteiger partial charge in [-0.1, -0.05) is 40.2 Å². The number of amides is 2. The van der Waals surface area contributed by atoms with Crippen molar-refractivity contribution in [1.29, 1.82) is 0 Å². The maximum atomic E-state index is 13.5. The number of anilines is 1. The molecule has 0 fully saturated rings. The van der Waals surface area contributed by atoms with Gasteiger partial charge in [0.25, 0.3) is 0 Å². The third-order valence-corrected chi connectivity index (χ3v) is 7.17. The molecule has 206 valence electrons. The van der Waals surface area contributed by atoms with Crippen LogP contribution < -0.4 is 10.6 Å². The van der Waals surface area contributed by atoms with Gasteiger partial charge in [-0.15, -0.1) is 0 Å². The van der Waals surface area contributed by atoms with Crippen molar-refractivity contribution in [3.8, 4) is 0 Å². The van der Waals surface area contributed by atoms with Crippen molar-refractivity contribution in [2.45, 2.75) is 77.0 Å². The van der Waals surface area contributed by atoms with Crippen LogP contribution in [0.2, 0.25) is 0 Å². The molecule has 0 spiro atoms. The number of nitrogens with zero attached hydrogens (tertiary/aromatic N) is 2. The number of hydrogen-bond donors (Lipinski definition) is 2. The predicted molar refractivity (Wildman–Crippen MR) is 151 cm³/mol. The number of halogens is 1. The van der Waals surface area contributed by atoms with E-state index in [4.69, 9.17) is 10.5 Å². The topological polar surface area (TPSA) is 113 Å². The Morgan fingerprint density at radius 3 is 2.42 bits per heavy atom. The Morgan fingerprint density at radius 1 is 1.11 bits per heavy atom. The van der Waals surface area contributed by atoms with Gasteiger partial charge in [0.2, 0.25) is 0 Å². The molecule has 0 radical (unpaired) electrons. The lowest BCUT2D eigenvalue weighted by Crippen LogP contribution is -2.51. The van der Waals surface area contributed by atoms with Crippen LogP contribution in [0, 0.1) is 0 Å². The average molecular weight is 589 g/mol. The van der Waals surface area contributed by atoms with E-state index in [2.05, 4.69) is 33.0 Å². The Labute approximate surface area is 233 Å². The quantitative estimate of drug-likeness (QED) is 0.327. The van der Waals surface area contributed by atoms with E-state index in [0.29, 0.717) is 25.2 Å². The minimum atomic E-state index is -0.950. The van der Waals surface area contributed by atoms with Crippen molar-refractivity contribution in [2.24, 2.45) is 5.73 Å². The van der Waals surface area contributed by atoms with Gasteiger partial charge in [-0.3, -0.25) is 14.6 Å². The third-order valence-electron chi connectivity index (χ3n) is 6.64. The van der Waals surface area contributed by atoms with Crippen molar-refractivity contribution in [2.75, 3.05) is 18.0 Å². The summed E-state index contributed by atoms with van der Waals surface area (Å²) in [6.07, 6.45) is 3.80. The number of esters is 1. The molecule has 1 aliphatic carbocycles. The van der Waals surface area contributed by atoms with Gasteiger partial charge >= 0.3 is 18.0 Å². The number of primary amides is 1. The Morgan fingerprint density at radius 2 is 1.79 bits per heavy atom. The van der Waals surface area contributed by atoms with Crippen molar-refractivity contribution < 1.29 is 24.2 Å². The van der Waals surface area contributed by atoms with Gasteiger partial charge in [0.1, 0.15) is 11.6 Å². The predicted octanol–water partition coefficient (Wildman–Crippen LogP) is 5.68. The molecule has 8 nitrogen and oxygen atoms in total. The SMILES string of the molecule is CC(C)(C)OC(=O)C(CCN(CCCC(=O)O)C1CCCc2ccccc21)N(C(N)=O)c1ccc(Br)cc1. The van der Waals surface area contributed by atoms with Crippen LogP contribution in [0.5, 0.6) is 0 Å². The molecule has 3 N–H and O–H groups in total. The number of urea groups is 1. The van der Waals surface area contributed by atoms with E-state index in [9.17, 15) is 19.5 Å². The van der Waals surface area contributed by atoms with Gasteiger partial charge in [0, 0.05) is 29.2 Å². The number of ether oxygens (including phenoxy) is 1. The van der Waals surface area contributed by atoms with Crippen molar-refractivity contribution in [3.05, 3.63) is 64.1 Å². The molecule has 9 heteroatoms. The molecular formula is C29H38BrN3O5. The van der Waals surface area contributed by atoms with E-state index in [1.165, 1.54) is 16.0 Å². The molecule has 2 atom stereocenters. The Kier molecular flexibility index (Phi) is 10.3. The van der Waals surface area contributed by atoms with Crippen molar-refractivity contribution in [3.63, 3.8) is 0 Å². The molecule has 0 aliphatic heterocycles. The maximum absolute atomic E-state index is 13.5.